The first-order valence-electron chi connectivity index (χ1n) is 6.40. The molecule has 0 heterocycles. The minimum Gasteiger partial charge on any atom is -0.497 e. The summed E-state index contributed by atoms with van der Waals surface area (Å²) >= 11 is 0. The molecule has 0 saturated carbocycles. The van der Waals surface area contributed by atoms with Crippen LogP contribution < -0.4 is 5.73 Å². The third-order valence-corrected chi connectivity index (χ3v) is 3.80. The van der Waals surface area contributed by atoms with E-state index in [1.54, 1.807) is 20.3 Å². The van der Waals surface area contributed by atoms with Gasteiger partial charge in [0.15, 0.2) is 0 Å². The molecule has 0 fully saturated rings. The monoisotopic (exact) mass is 273 g/mol. The fourth-order valence-electron chi connectivity index (χ4n) is 2.53. The zero-order chi connectivity index (χ0) is 14.8. The third-order valence-electron chi connectivity index (χ3n) is 3.80. The first kappa shape index (κ1) is 14.3. The van der Waals surface area contributed by atoms with Gasteiger partial charge in [0, 0.05) is 7.11 Å². The van der Waals surface area contributed by atoms with Gasteiger partial charge in [-0.05, 0) is 30.2 Å². The van der Waals surface area contributed by atoms with Gasteiger partial charge >= 0.3 is 0 Å². The van der Waals surface area contributed by atoms with Crippen LogP contribution in [-0.4, -0.2) is 25.7 Å². The van der Waals surface area contributed by atoms with Crippen LogP contribution in [0, 0.1) is 5.92 Å². The van der Waals surface area contributed by atoms with Crippen LogP contribution in [0.5, 0.6) is 0 Å². The van der Waals surface area contributed by atoms with E-state index in [-0.39, 0.29) is 0 Å². The van der Waals surface area contributed by atoms with E-state index in [9.17, 15) is 4.79 Å². The average Bonchev–Trinajstić information content (AvgIpc) is 2.48. The lowest BCUT2D eigenvalue weighted by Gasteiger charge is -2.38. The molecule has 4 heteroatoms. The molecule has 0 aliphatic heterocycles. The minimum atomic E-state index is -0.810. The first-order valence-corrected chi connectivity index (χ1v) is 6.40. The van der Waals surface area contributed by atoms with Gasteiger partial charge in [0.1, 0.15) is 11.4 Å². The lowest BCUT2D eigenvalue weighted by Crippen LogP contribution is -2.46. The second-order valence-corrected chi connectivity index (χ2v) is 4.89. The van der Waals surface area contributed by atoms with Gasteiger partial charge in [0.2, 0.25) is 5.91 Å². The number of nitrogens with two attached hydrogens (primary N) is 1. The number of primary amides is 1. The predicted octanol–water partition coefficient (Wildman–Crippen LogP) is 2.12. The molecule has 2 unspecified atom stereocenters. The van der Waals surface area contributed by atoms with E-state index in [1.807, 2.05) is 43.3 Å². The Balaban J connectivity index is 2.59. The second-order valence-electron chi connectivity index (χ2n) is 4.89. The minimum absolute atomic E-state index is 0.439. The van der Waals surface area contributed by atoms with Gasteiger partial charge in [-0.25, -0.2) is 0 Å². The van der Waals surface area contributed by atoms with Gasteiger partial charge in [-0.2, -0.15) is 0 Å². The van der Waals surface area contributed by atoms with Crippen molar-refractivity contribution in [2.24, 2.45) is 11.7 Å². The molecule has 0 spiro atoms. The van der Waals surface area contributed by atoms with E-state index >= 15 is 0 Å². The molecule has 0 radical (unpaired) electrons. The van der Waals surface area contributed by atoms with Gasteiger partial charge < -0.3 is 15.2 Å². The number of rotatable bonds is 4. The van der Waals surface area contributed by atoms with E-state index in [1.165, 1.54) is 0 Å². The molecule has 1 aromatic rings. The Kier molecular flexibility index (Phi) is 3.95. The van der Waals surface area contributed by atoms with Gasteiger partial charge in [0.25, 0.3) is 0 Å². The summed E-state index contributed by atoms with van der Waals surface area (Å²) < 4.78 is 10.9. The fourth-order valence-corrected chi connectivity index (χ4v) is 2.53. The Labute approximate surface area is 118 Å². The number of hydrogen-bond acceptors (Lipinski definition) is 3. The summed E-state index contributed by atoms with van der Waals surface area (Å²) in [6, 6.07) is 9.77. The number of benzene rings is 1. The van der Waals surface area contributed by atoms with Crippen LogP contribution in [-0.2, 0) is 14.3 Å². The second kappa shape index (κ2) is 5.51. The van der Waals surface area contributed by atoms with Gasteiger partial charge in [-0.1, -0.05) is 30.3 Å². The summed E-state index contributed by atoms with van der Waals surface area (Å²) in [4.78, 5) is 11.8. The number of allylic oxidation sites excluding steroid dienone is 1. The van der Waals surface area contributed by atoms with E-state index in [2.05, 4.69) is 0 Å². The van der Waals surface area contributed by atoms with Crippen LogP contribution >= 0.6 is 0 Å². The molecule has 1 aliphatic rings. The number of methoxy groups -OCH3 is 2. The molecule has 0 saturated heterocycles. The van der Waals surface area contributed by atoms with Crippen LogP contribution in [0.3, 0.4) is 0 Å². The normalized spacial score (nSPS) is 25.6. The van der Waals surface area contributed by atoms with Gasteiger partial charge in [-0.15, -0.1) is 0 Å². The molecule has 1 aromatic carbocycles. The van der Waals surface area contributed by atoms with Crippen molar-refractivity contribution in [1.82, 2.24) is 0 Å². The summed E-state index contributed by atoms with van der Waals surface area (Å²) in [5.41, 5.74) is 6.58. The molecule has 2 N–H and O–H groups in total. The summed E-state index contributed by atoms with van der Waals surface area (Å²) in [7, 11) is 3.15. The highest BCUT2D eigenvalue weighted by atomic mass is 16.5. The molecule has 0 aromatic heterocycles. The Morgan fingerprint density at radius 2 is 1.90 bits per heavy atom. The highest BCUT2D eigenvalue weighted by Crippen LogP contribution is 2.41. The Bertz CT molecular complexity index is 562. The number of ether oxygens (including phenoxy) is 2. The molecule has 106 valence electrons. The largest absolute Gasteiger partial charge is 0.497 e. The Hall–Kier alpha value is -2.07. The number of hydrogen-bond donors (Lipinski definition) is 1. The van der Waals surface area contributed by atoms with Crippen LogP contribution in [0.1, 0.15) is 12.5 Å². The van der Waals surface area contributed by atoms with Crippen LogP contribution in [0.4, 0.5) is 0 Å². The molecule has 0 bridgehead atoms. The molecule has 1 aliphatic carbocycles. The first-order chi connectivity index (χ1) is 9.52. The van der Waals surface area contributed by atoms with Crippen LogP contribution in [0.15, 0.2) is 48.2 Å². The molecule has 2 atom stereocenters. The fraction of sp³-hybridized carbons (Fsp3) is 0.312. The molecule has 20 heavy (non-hydrogen) atoms. The quantitative estimate of drug-likeness (QED) is 0.914. The molecular formula is C16H19NO3. The summed E-state index contributed by atoms with van der Waals surface area (Å²) in [5, 5.41) is 0. The van der Waals surface area contributed by atoms with E-state index in [0.29, 0.717) is 5.76 Å². The smallest absolute Gasteiger partial charge is 0.227 e. The van der Waals surface area contributed by atoms with E-state index < -0.39 is 17.4 Å². The molecule has 4 nitrogen and oxygen atoms in total. The highest BCUT2D eigenvalue weighted by molar-refractivity contribution is 5.88. The van der Waals surface area contributed by atoms with E-state index in [4.69, 9.17) is 15.2 Å². The standard InChI is InChI=1S/C16H19NO3/c1-16(20-3)13(11-7-5-4-6-8-11)9-12(19-2)10-14(16)15(17)18/h4-10,14H,1-3H3,(H2,17,18). The summed E-state index contributed by atoms with van der Waals surface area (Å²) in [6.07, 6.45) is 3.59. The molecule has 2 rings (SSSR count). The van der Waals surface area contributed by atoms with Crippen molar-refractivity contribution in [2.75, 3.05) is 14.2 Å². The van der Waals surface area contributed by atoms with Crippen LogP contribution in [0.2, 0.25) is 0 Å². The zero-order valence-corrected chi connectivity index (χ0v) is 11.9. The van der Waals surface area contributed by atoms with Crippen molar-refractivity contribution in [3.05, 3.63) is 53.8 Å². The van der Waals surface area contributed by atoms with Crippen molar-refractivity contribution in [3.63, 3.8) is 0 Å². The topological polar surface area (TPSA) is 61.5 Å². The predicted molar refractivity (Wildman–Crippen MR) is 77.6 cm³/mol. The number of carbonyl (C=O) groups excluding carboxylic acids is 1. The maximum atomic E-state index is 11.8. The highest BCUT2D eigenvalue weighted by Gasteiger charge is 2.43. The SMILES string of the molecule is COC1=CC(C(N)=O)C(C)(OC)C(c2ccccc2)=C1. The Morgan fingerprint density at radius 1 is 1.25 bits per heavy atom. The third kappa shape index (κ3) is 2.34. The number of amides is 1. The molecular weight excluding hydrogens is 254 g/mol. The van der Waals surface area contributed by atoms with Gasteiger partial charge in [-0.3, -0.25) is 4.79 Å². The van der Waals surface area contributed by atoms with Crippen molar-refractivity contribution in [1.29, 1.82) is 0 Å². The maximum absolute atomic E-state index is 11.8. The lowest BCUT2D eigenvalue weighted by molar-refractivity contribution is -0.126. The average molecular weight is 273 g/mol. The summed E-state index contributed by atoms with van der Waals surface area (Å²) in [5.74, 6) is -0.407. The van der Waals surface area contributed by atoms with Gasteiger partial charge in [0.05, 0.1) is 13.0 Å². The summed E-state index contributed by atoms with van der Waals surface area (Å²) in [6.45, 7) is 1.87. The van der Waals surface area contributed by atoms with Crippen molar-refractivity contribution < 1.29 is 14.3 Å². The van der Waals surface area contributed by atoms with E-state index in [0.717, 1.165) is 11.1 Å². The zero-order valence-electron chi connectivity index (χ0n) is 11.9. The number of carbonyl (C=O) groups is 1. The maximum Gasteiger partial charge on any atom is 0.227 e. The molecule has 1 amide bonds. The van der Waals surface area contributed by atoms with Crippen molar-refractivity contribution in [3.8, 4) is 0 Å². The lowest BCUT2D eigenvalue weighted by atomic mass is 9.75. The van der Waals surface area contributed by atoms with Crippen molar-refractivity contribution in [2.45, 2.75) is 12.5 Å². The van der Waals surface area contributed by atoms with Crippen molar-refractivity contribution >= 4 is 11.5 Å². The Morgan fingerprint density at radius 3 is 2.40 bits per heavy atom. The van der Waals surface area contributed by atoms with Crippen LogP contribution in [0.25, 0.3) is 5.57 Å².